The Hall–Kier alpha value is -2.47. The van der Waals surface area contributed by atoms with E-state index in [-0.39, 0.29) is 5.91 Å². The quantitative estimate of drug-likeness (QED) is 0.676. The first-order valence-corrected chi connectivity index (χ1v) is 10.2. The average molecular weight is 384 g/mol. The molecule has 142 valence electrons. The Bertz CT molecular complexity index is 903. The van der Waals surface area contributed by atoms with Gasteiger partial charge < -0.3 is 19.1 Å². The molecule has 1 aromatic carbocycles. The Morgan fingerprint density at radius 2 is 1.78 bits per heavy atom. The fraction of sp³-hybridized carbons (Fsp3) is 0.381. The fourth-order valence-corrected chi connectivity index (χ4v) is 4.52. The molecule has 5 nitrogen and oxygen atoms in total. The third-order valence-corrected chi connectivity index (χ3v) is 6.23. The maximum atomic E-state index is 12.9. The summed E-state index contributed by atoms with van der Waals surface area (Å²) >= 11 is 1.60. The average Bonchev–Trinajstić information content (AvgIpc) is 3.27. The van der Waals surface area contributed by atoms with E-state index in [1.807, 2.05) is 23.1 Å². The van der Waals surface area contributed by atoms with Gasteiger partial charge in [-0.05, 0) is 44.2 Å². The molecule has 1 saturated heterocycles. The highest BCUT2D eigenvalue weighted by Gasteiger charge is 2.24. The number of amides is 1. The highest BCUT2D eigenvalue weighted by Crippen LogP contribution is 2.29. The Labute approximate surface area is 163 Å². The Kier molecular flexibility index (Phi) is 4.83. The van der Waals surface area contributed by atoms with Crippen molar-refractivity contribution in [3.05, 3.63) is 47.6 Å². The Morgan fingerprint density at radius 3 is 2.37 bits per heavy atom. The lowest BCUT2D eigenvalue weighted by molar-refractivity contribution is 0.0752. The van der Waals surface area contributed by atoms with Crippen LogP contribution in [0.3, 0.4) is 0 Å². The first-order valence-electron chi connectivity index (χ1n) is 9.34. The number of hydrogen-bond acceptors (Lipinski definition) is 4. The summed E-state index contributed by atoms with van der Waals surface area (Å²) in [5, 5.41) is 1.16. The van der Waals surface area contributed by atoms with Gasteiger partial charge in [0.25, 0.3) is 5.91 Å². The smallest absolute Gasteiger partial charge is 0.264 e. The summed E-state index contributed by atoms with van der Waals surface area (Å²) in [7, 11) is 1.68. The first kappa shape index (κ1) is 17.9. The van der Waals surface area contributed by atoms with E-state index in [1.165, 1.54) is 10.4 Å². The van der Waals surface area contributed by atoms with E-state index in [4.69, 9.17) is 4.74 Å². The molecule has 0 unspecified atom stereocenters. The van der Waals surface area contributed by atoms with Crippen LogP contribution in [0.4, 0.5) is 5.69 Å². The van der Waals surface area contributed by atoms with Crippen molar-refractivity contribution < 1.29 is 9.53 Å². The molecule has 0 radical (unpaired) electrons. The van der Waals surface area contributed by atoms with Gasteiger partial charge in [-0.3, -0.25) is 4.79 Å². The second-order valence-corrected chi connectivity index (χ2v) is 8.29. The number of thiophene rings is 1. The van der Waals surface area contributed by atoms with E-state index in [1.54, 1.807) is 18.4 Å². The summed E-state index contributed by atoms with van der Waals surface area (Å²) in [6, 6.07) is 10.6. The standard InChI is InChI=1S/C21H25N3O2S/c1-15(2)24-13-16-12-19(27-20(16)14-24)21(25)23-10-8-22(9-11-23)17-4-6-18(26-3)7-5-17/h4-7,12-15H,8-11H2,1-3H3. The molecule has 0 bridgehead atoms. The van der Waals surface area contributed by atoms with Gasteiger partial charge in [-0.1, -0.05) is 0 Å². The highest BCUT2D eigenvalue weighted by atomic mass is 32.1. The molecule has 1 fully saturated rings. The number of aromatic nitrogens is 1. The summed E-state index contributed by atoms with van der Waals surface area (Å²) in [6.07, 6.45) is 4.28. The lowest BCUT2D eigenvalue weighted by Crippen LogP contribution is -2.48. The minimum Gasteiger partial charge on any atom is -0.497 e. The zero-order valence-corrected chi connectivity index (χ0v) is 16.8. The highest BCUT2D eigenvalue weighted by molar-refractivity contribution is 7.20. The van der Waals surface area contributed by atoms with Crippen LogP contribution in [0, 0.1) is 0 Å². The number of benzene rings is 1. The van der Waals surface area contributed by atoms with Crippen LogP contribution in [-0.2, 0) is 0 Å². The maximum Gasteiger partial charge on any atom is 0.264 e. The number of rotatable bonds is 4. The van der Waals surface area contributed by atoms with Crippen LogP contribution in [-0.4, -0.2) is 48.7 Å². The number of anilines is 1. The van der Waals surface area contributed by atoms with Gasteiger partial charge >= 0.3 is 0 Å². The molecule has 1 aliphatic heterocycles. The van der Waals surface area contributed by atoms with Crippen LogP contribution in [0.1, 0.15) is 29.6 Å². The second kappa shape index (κ2) is 7.27. The first-order chi connectivity index (χ1) is 13.0. The van der Waals surface area contributed by atoms with Crippen molar-refractivity contribution in [1.29, 1.82) is 0 Å². The van der Waals surface area contributed by atoms with Gasteiger partial charge in [-0.25, -0.2) is 0 Å². The maximum absolute atomic E-state index is 12.9. The summed E-state index contributed by atoms with van der Waals surface area (Å²) in [6.45, 7) is 7.53. The van der Waals surface area contributed by atoms with Crippen molar-refractivity contribution in [2.45, 2.75) is 19.9 Å². The van der Waals surface area contributed by atoms with E-state index in [0.717, 1.165) is 42.2 Å². The number of carbonyl (C=O) groups excluding carboxylic acids is 1. The lowest BCUT2D eigenvalue weighted by atomic mass is 10.2. The van der Waals surface area contributed by atoms with E-state index < -0.39 is 0 Å². The van der Waals surface area contributed by atoms with Gasteiger partial charge in [-0.2, -0.15) is 0 Å². The van der Waals surface area contributed by atoms with Gasteiger partial charge in [0.1, 0.15) is 5.75 Å². The third-order valence-electron chi connectivity index (χ3n) is 5.16. The number of carbonyl (C=O) groups is 1. The molecule has 27 heavy (non-hydrogen) atoms. The lowest BCUT2D eigenvalue weighted by Gasteiger charge is -2.36. The van der Waals surface area contributed by atoms with Crippen molar-refractivity contribution >= 4 is 33.0 Å². The predicted molar refractivity (Wildman–Crippen MR) is 111 cm³/mol. The minimum atomic E-state index is 0.154. The van der Waals surface area contributed by atoms with Crippen molar-refractivity contribution in [2.24, 2.45) is 0 Å². The summed E-state index contributed by atoms with van der Waals surface area (Å²) in [4.78, 5) is 18.0. The van der Waals surface area contributed by atoms with Gasteiger partial charge in [0.05, 0.1) is 16.7 Å². The van der Waals surface area contributed by atoms with Crippen molar-refractivity contribution in [2.75, 3.05) is 38.2 Å². The molecule has 3 heterocycles. The van der Waals surface area contributed by atoms with E-state index in [2.05, 4.69) is 47.8 Å². The number of nitrogens with zero attached hydrogens (tertiary/aromatic N) is 3. The molecule has 3 aromatic rings. The van der Waals surface area contributed by atoms with Crippen LogP contribution in [0.25, 0.3) is 10.1 Å². The number of hydrogen-bond donors (Lipinski definition) is 0. The molecular weight excluding hydrogens is 358 g/mol. The molecule has 1 amide bonds. The molecule has 0 saturated carbocycles. The van der Waals surface area contributed by atoms with Crippen LogP contribution in [0.5, 0.6) is 5.75 Å². The normalized spacial score (nSPS) is 15.0. The monoisotopic (exact) mass is 383 g/mol. The van der Waals surface area contributed by atoms with Crippen LogP contribution >= 0.6 is 11.3 Å². The molecule has 2 aromatic heterocycles. The van der Waals surface area contributed by atoms with Gasteiger partial charge in [-0.15, -0.1) is 11.3 Å². The summed E-state index contributed by atoms with van der Waals surface area (Å²) in [5.41, 5.74) is 1.18. The molecule has 0 spiro atoms. The van der Waals surface area contributed by atoms with Gasteiger partial charge in [0.15, 0.2) is 0 Å². The van der Waals surface area contributed by atoms with E-state index in [9.17, 15) is 4.79 Å². The third kappa shape index (κ3) is 3.54. The van der Waals surface area contributed by atoms with Gasteiger partial charge in [0.2, 0.25) is 0 Å². The zero-order valence-electron chi connectivity index (χ0n) is 16.0. The Balaban J connectivity index is 1.41. The second-order valence-electron chi connectivity index (χ2n) is 7.21. The largest absolute Gasteiger partial charge is 0.497 e. The Morgan fingerprint density at radius 1 is 1.07 bits per heavy atom. The topological polar surface area (TPSA) is 37.7 Å². The molecular formula is C21H25N3O2S. The number of piperazine rings is 1. The van der Waals surface area contributed by atoms with Crippen molar-refractivity contribution in [3.63, 3.8) is 0 Å². The molecule has 6 heteroatoms. The molecule has 4 rings (SSSR count). The van der Waals surface area contributed by atoms with E-state index >= 15 is 0 Å². The number of ether oxygens (including phenoxy) is 1. The fourth-order valence-electron chi connectivity index (χ4n) is 3.47. The van der Waals surface area contributed by atoms with Crippen molar-refractivity contribution in [1.82, 2.24) is 9.47 Å². The molecule has 0 atom stereocenters. The summed E-state index contributed by atoms with van der Waals surface area (Å²) < 4.78 is 8.60. The molecule has 1 aliphatic rings. The molecule has 0 aliphatic carbocycles. The van der Waals surface area contributed by atoms with Crippen LogP contribution in [0.15, 0.2) is 42.7 Å². The van der Waals surface area contributed by atoms with Gasteiger partial charge in [0, 0.05) is 55.7 Å². The predicted octanol–water partition coefficient (Wildman–Crippen LogP) is 4.25. The van der Waals surface area contributed by atoms with Crippen molar-refractivity contribution in [3.8, 4) is 5.75 Å². The van der Waals surface area contributed by atoms with Crippen LogP contribution < -0.4 is 9.64 Å². The zero-order chi connectivity index (χ0) is 19.0. The SMILES string of the molecule is COc1ccc(N2CCN(C(=O)c3cc4cn(C(C)C)cc4s3)CC2)cc1. The van der Waals surface area contributed by atoms with Crippen LogP contribution in [0.2, 0.25) is 0 Å². The minimum absolute atomic E-state index is 0.154. The summed E-state index contributed by atoms with van der Waals surface area (Å²) in [5.74, 6) is 1.02. The number of fused-ring (bicyclic) bond motifs is 1. The van der Waals surface area contributed by atoms with E-state index in [0.29, 0.717) is 6.04 Å². The molecule has 0 N–H and O–H groups in total. The number of methoxy groups -OCH3 is 1.